The Bertz CT molecular complexity index is 674. The molecular weight excluding hydrogens is 350 g/mol. The maximum atomic E-state index is 6.22. The summed E-state index contributed by atoms with van der Waals surface area (Å²) >= 11 is 3.69. The molecule has 0 aliphatic heterocycles. The maximum absolute atomic E-state index is 6.22. The van der Waals surface area contributed by atoms with Crippen molar-refractivity contribution < 1.29 is 4.74 Å². The van der Waals surface area contributed by atoms with Crippen LogP contribution >= 0.6 is 15.9 Å². The average molecular weight is 376 g/mol. The van der Waals surface area contributed by atoms with Gasteiger partial charge >= 0.3 is 0 Å². The van der Waals surface area contributed by atoms with Crippen LogP contribution in [0.3, 0.4) is 0 Å². The molecule has 2 N–H and O–H groups in total. The van der Waals surface area contributed by atoms with Crippen molar-refractivity contribution in [2.75, 3.05) is 0 Å². The number of aryl methyl sites for hydroxylation is 1. The van der Waals surface area contributed by atoms with E-state index < -0.39 is 0 Å². The quantitative estimate of drug-likeness (QED) is 0.764. The number of nitrogens with two attached hydrogens (primary N) is 1. The van der Waals surface area contributed by atoms with E-state index in [1.165, 1.54) is 11.1 Å². The Morgan fingerprint density at radius 1 is 1.09 bits per heavy atom. The Morgan fingerprint density at radius 2 is 1.74 bits per heavy atom. The second-order valence-electron chi connectivity index (χ2n) is 6.82. The normalized spacial score (nSPS) is 11.6. The van der Waals surface area contributed by atoms with Gasteiger partial charge < -0.3 is 10.5 Å². The second-order valence-corrected chi connectivity index (χ2v) is 7.67. The average Bonchev–Trinajstić information content (AvgIpc) is 2.52. The van der Waals surface area contributed by atoms with Crippen LogP contribution in [0.5, 0.6) is 5.75 Å². The molecule has 0 bridgehead atoms. The summed E-state index contributed by atoms with van der Waals surface area (Å²) in [5.41, 5.74) is 10.7. The lowest BCUT2D eigenvalue weighted by molar-refractivity contribution is 0.294. The summed E-state index contributed by atoms with van der Waals surface area (Å²) in [7, 11) is 0. The zero-order chi connectivity index (χ0) is 17.0. The number of hydrogen-bond donors (Lipinski definition) is 1. The third kappa shape index (κ3) is 4.36. The molecule has 0 fully saturated rings. The van der Waals surface area contributed by atoms with Crippen LogP contribution in [0, 0.1) is 0 Å². The van der Waals surface area contributed by atoms with E-state index in [1.54, 1.807) is 0 Å². The second kappa shape index (κ2) is 7.50. The zero-order valence-corrected chi connectivity index (χ0v) is 16.0. The maximum Gasteiger partial charge on any atom is 0.137 e. The largest absolute Gasteiger partial charge is 0.487 e. The first kappa shape index (κ1) is 18.0. The predicted molar refractivity (Wildman–Crippen MR) is 101 cm³/mol. The van der Waals surface area contributed by atoms with Crippen molar-refractivity contribution in [2.24, 2.45) is 5.73 Å². The summed E-state index contributed by atoms with van der Waals surface area (Å²) in [5.74, 6) is 0.932. The molecule has 2 nitrogen and oxygen atoms in total. The van der Waals surface area contributed by atoms with E-state index in [1.807, 2.05) is 12.1 Å². The molecule has 124 valence electrons. The van der Waals surface area contributed by atoms with Crippen LogP contribution in [0.4, 0.5) is 0 Å². The summed E-state index contributed by atoms with van der Waals surface area (Å²) in [6, 6.07) is 12.6. The van der Waals surface area contributed by atoms with E-state index in [2.05, 4.69) is 67.9 Å². The van der Waals surface area contributed by atoms with Gasteiger partial charge in [0.25, 0.3) is 0 Å². The molecule has 0 spiro atoms. The minimum Gasteiger partial charge on any atom is -0.487 e. The van der Waals surface area contributed by atoms with Crippen LogP contribution in [0.1, 0.15) is 49.9 Å². The fourth-order valence-corrected chi connectivity index (χ4v) is 3.23. The standard InChI is InChI=1S/C20H26BrNO/c1-5-14-10-17(20(2,3)4)19(18(21)11-14)23-13-16-9-7-6-8-15(16)12-22/h6-11H,5,12-13,22H2,1-4H3. The molecular formula is C20H26BrNO. The van der Waals surface area contributed by atoms with Gasteiger partial charge in [-0.2, -0.15) is 0 Å². The minimum atomic E-state index is 0.0242. The number of hydrogen-bond acceptors (Lipinski definition) is 2. The van der Waals surface area contributed by atoms with Crippen LogP contribution in [-0.2, 0) is 25.0 Å². The first-order chi connectivity index (χ1) is 10.9. The van der Waals surface area contributed by atoms with E-state index in [0.717, 1.165) is 27.8 Å². The third-order valence-electron chi connectivity index (χ3n) is 4.03. The van der Waals surface area contributed by atoms with Gasteiger partial charge in [0.15, 0.2) is 0 Å². The van der Waals surface area contributed by atoms with E-state index in [9.17, 15) is 0 Å². The zero-order valence-electron chi connectivity index (χ0n) is 14.4. The Kier molecular flexibility index (Phi) is 5.88. The molecule has 0 saturated carbocycles. The molecule has 0 unspecified atom stereocenters. The molecule has 0 amide bonds. The van der Waals surface area contributed by atoms with E-state index >= 15 is 0 Å². The van der Waals surface area contributed by atoms with Gasteiger partial charge in [-0.05, 0) is 50.5 Å². The van der Waals surface area contributed by atoms with Crippen LogP contribution < -0.4 is 10.5 Å². The molecule has 0 aliphatic rings. The molecule has 2 aromatic carbocycles. The summed E-state index contributed by atoms with van der Waals surface area (Å²) < 4.78 is 7.24. The molecule has 2 aromatic rings. The van der Waals surface area contributed by atoms with Gasteiger partial charge in [-0.15, -0.1) is 0 Å². The number of rotatable bonds is 5. The van der Waals surface area contributed by atoms with Gasteiger partial charge in [-0.1, -0.05) is 58.0 Å². The highest BCUT2D eigenvalue weighted by molar-refractivity contribution is 9.10. The molecule has 0 atom stereocenters. The monoisotopic (exact) mass is 375 g/mol. The highest BCUT2D eigenvalue weighted by atomic mass is 79.9. The number of benzene rings is 2. The first-order valence-electron chi connectivity index (χ1n) is 8.09. The van der Waals surface area contributed by atoms with Gasteiger partial charge in [0.2, 0.25) is 0 Å². The van der Waals surface area contributed by atoms with Crippen LogP contribution in [-0.4, -0.2) is 0 Å². The smallest absolute Gasteiger partial charge is 0.137 e. The third-order valence-corrected chi connectivity index (χ3v) is 4.62. The van der Waals surface area contributed by atoms with Crippen molar-refractivity contribution in [1.82, 2.24) is 0 Å². The molecule has 0 aliphatic carbocycles. The summed E-state index contributed by atoms with van der Waals surface area (Å²) in [5, 5.41) is 0. The Hall–Kier alpha value is -1.32. The van der Waals surface area contributed by atoms with Gasteiger partial charge in [-0.25, -0.2) is 0 Å². The minimum absolute atomic E-state index is 0.0242. The molecule has 23 heavy (non-hydrogen) atoms. The summed E-state index contributed by atoms with van der Waals surface area (Å²) in [6.07, 6.45) is 1.01. The van der Waals surface area contributed by atoms with Crippen LogP contribution in [0.15, 0.2) is 40.9 Å². The lowest BCUT2D eigenvalue weighted by Gasteiger charge is -2.25. The molecule has 2 rings (SSSR count). The van der Waals surface area contributed by atoms with Gasteiger partial charge in [0.05, 0.1) is 4.47 Å². The van der Waals surface area contributed by atoms with Crippen molar-refractivity contribution in [3.8, 4) is 5.75 Å². The van der Waals surface area contributed by atoms with Crippen molar-refractivity contribution in [3.63, 3.8) is 0 Å². The first-order valence-corrected chi connectivity index (χ1v) is 8.88. The van der Waals surface area contributed by atoms with Crippen LogP contribution in [0.25, 0.3) is 0 Å². The Labute approximate surface area is 148 Å². The Morgan fingerprint density at radius 3 is 2.30 bits per heavy atom. The molecule has 0 radical (unpaired) electrons. The Balaban J connectivity index is 2.35. The van der Waals surface area contributed by atoms with E-state index in [0.29, 0.717) is 13.2 Å². The number of ether oxygens (including phenoxy) is 1. The van der Waals surface area contributed by atoms with Crippen molar-refractivity contribution in [1.29, 1.82) is 0 Å². The summed E-state index contributed by atoms with van der Waals surface area (Å²) in [4.78, 5) is 0. The lowest BCUT2D eigenvalue weighted by atomic mass is 9.85. The molecule has 0 saturated heterocycles. The lowest BCUT2D eigenvalue weighted by Crippen LogP contribution is -2.15. The van der Waals surface area contributed by atoms with Crippen LogP contribution in [0.2, 0.25) is 0 Å². The highest BCUT2D eigenvalue weighted by Crippen LogP contribution is 2.38. The highest BCUT2D eigenvalue weighted by Gasteiger charge is 2.22. The van der Waals surface area contributed by atoms with Crippen molar-refractivity contribution in [3.05, 3.63) is 63.1 Å². The SMILES string of the molecule is CCc1cc(Br)c(OCc2ccccc2CN)c(C(C)(C)C)c1. The van der Waals surface area contributed by atoms with Gasteiger partial charge in [-0.3, -0.25) is 0 Å². The van der Waals surface area contributed by atoms with Crippen molar-refractivity contribution in [2.45, 2.75) is 52.7 Å². The van der Waals surface area contributed by atoms with Gasteiger partial charge in [0.1, 0.15) is 12.4 Å². The van der Waals surface area contributed by atoms with E-state index in [4.69, 9.17) is 10.5 Å². The molecule has 3 heteroatoms. The van der Waals surface area contributed by atoms with E-state index in [-0.39, 0.29) is 5.41 Å². The van der Waals surface area contributed by atoms with Crippen molar-refractivity contribution >= 4 is 15.9 Å². The summed E-state index contributed by atoms with van der Waals surface area (Å²) in [6.45, 7) is 9.88. The fraction of sp³-hybridized carbons (Fsp3) is 0.400. The topological polar surface area (TPSA) is 35.2 Å². The number of halogens is 1. The predicted octanol–water partition coefficient (Wildman–Crippen LogP) is 5.35. The molecule has 0 aromatic heterocycles. The molecule has 0 heterocycles. The van der Waals surface area contributed by atoms with Gasteiger partial charge in [0, 0.05) is 12.1 Å². The fourth-order valence-electron chi connectivity index (χ4n) is 2.60.